The van der Waals surface area contributed by atoms with Gasteiger partial charge in [-0.1, -0.05) is 149 Å². The number of carbonyl (C=O) groups excluding carboxylic acids is 3. The Kier molecular flexibility index (Phi) is 37.9. The molecule has 0 aromatic heterocycles. The molecule has 0 aromatic rings. The van der Waals surface area contributed by atoms with E-state index in [1.165, 1.54) is 0 Å². The summed E-state index contributed by atoms with van der Waals surface area (Å²) >= 11 is 0. The van der Waals surface area contributed by atoms with Crippen LogP contribution in [0.3, 0.4) is 0 Å². The maximum atomic E-state index is 12.7. The largest absolute Gasteiger partial charge is 0.545 e. The zero-order valence-corrected chi connectivity index (χ0v) is 37.3. The zero-order valence-electron chi connectivity index (χ0n) is 37.3. The number of ether oxygens (including phenoxy) is 4. The first-order valence-electron chi connectivity index (χ1n) is 22.0. The molecule has 0 fully saturated rings. The number of quaternary nitrogens is 1. The van der Waals surface area contributed by atoms with Crippen LogP contribution in [0.5, 0.6) is 0 Å². The van der Waals surface area contributed by atoms with Crippen LogP contribution in [-0.2, 0) is 33.3 Å². The third-order valence-corrected chi connectivity index (χ3v) is 8.55. The number of allylic oxidation sites excluding steroid dienone is 17. The molecular formula is C50H79NO8. The monoisotopic (exact) mass is 822 g/mol. The van der Waals surface area contributed by atoms with E-state index in [1.54, 1.807) is 6.08 Å². The van der Waals surface area contributed by atoms with Crippen molar-refractivity contribution in [1.82, 2.24) is 0 Å². The zero-order chi connectivity index (χ0) is 43.5. The van der Waals surface area contributed by atoms with Gasteiger partial charge in [0.15, 0.2) is 12.4 Å². The average Bonchev–Trinajstić information content (AvgIpc) is 3.19. The molecule has 0 spiro atoms. The van der Waals surface area contributed by atoms with Crippen LogP contribution in [0.4, 0.5) is 0 Å². The second-order valence-corrected chi connectivity index (χ2v) is 15.2. The van der Waals surface area contributed by atoms with Gasteiger partial charge >= 0.3 is 11.9 Å². The molecule has 2 unspecified atom stereocenters. The highest BCUT2D eigenvalue weighted by molar-refractivity contribution is 5.71. The van der Waals surface area contributed by atoms with Crippen molar-refractivity contribution in [2.45, 2.75) is 142 Å². The predicted molar refractivity (Wildman–Crippen MR) is 241 cm³/mol. The SMILES string of the molecule is CC/C=C\C/C=C\C/C=C\C/C=C\C/C=C\CC(=O)OC(COC(=O)CCCCCCCC/C=C\C/C=C\C/C=C\C/C=C\CC)COC(OCC[N+](C)(C)C)C(=O)[O-]. The van der Waals surface area contributed by atoms with E-state index in [9.17, 15) is 19.5 Å². The van der Waals surface area contributed by atoms with Gasteiger partial charge in [0.2, 0.25) is 0 Å². The normalized spacial score (nSPS) is 14.0. The lowest BCUT2D eigenvalue weighted by atomic mass is 10.1. The highest BCUT2D eigenvalue weighted by atomic mass is 16.7. The average molecular weight is 822 g/mol. The van der Waals surface area contributed by atoms with E-state index < -0.39 is 30.3 Å². The van der Waals surface area contributed by atoms with Crippen molar-refractivity contribution < 1.29 is 42.9 Å². The molecule has 59 heavy (non-hydrogen) atoms. The third kappa shape index (κ3) is 41.9. The van der Waals surface area contributed by atoms with Crippen molar-refractivity contribution in [3.63, 3.8) is 0 Å². The second-order valence-electron chi connectivity index (χ2n) is 15.2. The number of carboxylic acid groups (broad SMARTS) is 1. The number of likely N-dealkylation sites (N-methyl/N-ethyl adjacent to an activating group) is 1. The van der Waals surface area contributed by atoms with Gasteiger partial charge in [-0.25, -0.2) is 0 Å². The number of hydrogen-bond donors (Lipinski definition) is 0. The molecule has 0 heterocycles. The fourth-order valence-corrected chi connectivity index (χ4v) is 5.19. The van der Waals surface area contributed by atoms with Crippen molar-refractivity contribution in [2.75, 3.05) is 47.5 Å². The molecule has 0 aliphatic carbocycles. The number of esters is 2. The lowest BCUT2D eigenvalue weighted by molar-refractivity contribution is -0.870. The maximum absolute atomic E-state index is 12.7. The minimum absolute atomic E-state index is 0.00528. The summed E-state index contributed by atoms with van der Waals surface area (Å²) in [6.45, 7) is 4.34. The van der Waals surface area contributed by atoms with Crippen LogP contribution in [0.1, 0.15) is 129 Å². The Bertz CT molecular complexity index is 1330. The summed E-state index contributed by atoms with van der Waals surface area (Å²) in [4.78, 5) is 36.9. The van der Waals surface area contributed by atoms with Crippen molar-refractivity contribution >= 4 is 17.9 Å². The van der Waals surface area contributed by atoms with Crippen LogP contribution in [0, 0.1) is 0 Å². The Morgan fingerprint density at radius 2 is 0.966 bits per heavy atom. The molecule has 9 heteroatoms. The number of aliphatic carboxylic acids is 1. The van der Waals surface area contributed by atoms with Crippen LogP contribution in [0.15, 0.2) is 109 Å². The molecule has 0 saturated heterocycles. The molecule has 0 saturated carbocycles. The minimum atomic E-state index is -1.65. The Labute approximate surface area is 358 Å². The molecule has 332 valence electrons. The highest BCUT2D eigenvalue weighted by Gasteiger charge is 2.21. The van der Waals surface area contributed by atoms with Gasteiger partial charge in [0.1, 0.15) is 13.2 Å². The van der Waals surface area contributed by atoms with Crippen LogP contribution >= 0.6 is 0 Å². The first-order chi connectivity index (χ1) is 28.6. The van der Waals surface area contributed by atoms with Gasteiger partial charge in [-0.15, -0.1) is 0 Å². The molecule has 2 atom stereocenters. The van der Waals surface area contributed by atoms with E-state index in [2.05, 4.69) is 105 Å². The first kappa shape index (κ1) is 55.0. The van der Waals surface area contributed by atoms with Gasteiger partial charge in [0.05, 0.1) is 46.7 Å². The molecule has 0 aliphatic heterocycles. The standard InChI is InChI=1S/C50H79NO8/c1-6-8-10-12-14-16-18-20-22-23-24-25-27-28-30-32-34-36-38-40-47(52)57-44-46(45-58-50(49(54)55)56-43-42-51(3,4)5)59-48(53)41-39-37-35-33-31-29-26-21-19-17-15-13-11-9-7-2/h8-11,14-17,20-22,24-26,31,33,37,39,46,50H,6-7,12-13,18-19,23,27-30,32,34-36,38,40-45H2,1-5H3/b10-8-,11-9-,16-14-,17-15-,22-20-,25-24-,26-21-,33-31-,39-37-. The van der Waals surface area contributed by atoms with E-state index in [0.29, 0.717) is 23.9 Å². The Morgan fingerprint density at radius 3 is 1.44 bits per heavy atom. The van der Waals surface area contributed by atoms with E-state index in [0.717, 1.165) is 89.9 Å². The van der Waals surface area contributed by atoms with E-state index in [1.807, 2.05) is 33.3 Å². The summed E-state index contributed by atoms with van der Waals surface area (Å²) in [6, 6.07) is 0. The smallest absolute Gasteiger partial charge is 0.310 e. The summed E-state index contributed by atoms with van der Waals surface area (Å²) in [6.07, 6.45) is 51.5. The summed E-state index contributed by atoms with van der Waals surface area (Å²) in [5.74, 6) is -2.49. The van der Waals surface area contributed by atoms with Crippen molar-refractivity contribution in [3.8, 4) is 0 Å². The first-order valence-corrected chi connectivity index (χ1v) is 22.0. The summed E-state index contributed by atoms with van der Waals surface area (Å²) in [5, 5.41) is 11.7. The molecule has 9 nitrogen and oxygen atoms in total. The molecule has 0 aliphatic rings. The van der Waals surface area contributed by atoms with Crippen LogP contribution in [-0.4, -0.2) is 82.3 Å². The van der Waals surface area contributed by atoms with Gasteiger partial charge in [0, 0.05) is 6.42 Å². The van der Waals surface area contributed by atoms with Gasteiger partial charge in [0.25, 0.3) is 0 Å². The van der Waals surface area contributed by atoms with E-state index in [4.69, 9.17) is 18.9 Å². The molecule has 0 radical (unpaired) electrons. The Morgan fingerprint density at radius 1 is 0.525 bits per heavy atom. The number of nitrogens with zero attached hydrogens (tertiary/aromatic N) is 1. The Hall–Kier alpha value is -4.05. The molecule has 0 rings (SSSR count). The number of hydrogen-bond acceptors (Lipinski definition) is 8. The topological polar surface area (TPSA) is 111 Å². The number of carbonyl (C=O) groups is 3. The minimum Gasteiger partial charge on any atom is -0.545 e. The fourth-order valence-electron chi connectivity index (χ4n) is 5.19. The lowest BCUT2D eigenvalue weighted by Crippen LogP contribution is -2.44. The quantitative estimate of drug-likeness (QED) is 0.0199. The van der Waals surface area contributed by atoms with E-state index >= 15 is 0 Å². The van der Waals surface area contributed by atoms with Crippen LogP contribution in [0.2, 0.25) is 0 Å². The highest BCUT2D eigenvalue weighted by Crippen LogP contribution is 2.11. The molecule has 0 amide bonds. The predicted octanol–water partition coefficient (Wildman–Crippen LogP) is 10.3. The fraction of sp³-hybridized carbons (Fsp3) is 0.580. The third-order valence-electron chi connectivity index (χ3n) is 8.55. The molecule has 0 N–H and O–H groups in total. The van der Waals surface area contributed by atoms with Crippen LogP contribution in [0.25, 0.3) is 0 Å². The van der Waals surface area contributed by atoms with Gasteiger partial charge in [-0.05, 0) is 77.0 Å². The van der Waals surface area contributed by atoms with Crippen molar-refractivity contribution in [2.24, 2.45) is 0 Å². The second kappa shape index (κ2) is 40.7. The molecule has 0 bridgehead atoms. The summed E-state index contributed by atoms with van der Waals surface area (Å²) in [5.41, 5.74) is 0. The Balaban J connectivity index is 4.60. The maximum Gasteiger partial charge on any atom is 0.310 e. The van der Waals surface area contributed by atoms with Gasteiger partial charge < -0.3 is 33.3 Å². The number of rotatable bonds is 38. The summed E-state index contributed by atoms with van der Waals surface area (Å²) in [7, 11) is 5.86. The van der Waals surface area contributed by atoms with Gasteiger partial charge in [-0.2, -0.15) is 0 Å². The lowest BCUT2D eigenvalue weighted by Gasteiger charge is -2.26. The molecule has 0 aromatic carbocycles. The number of unbranched alkanes of at least 4 members (excludes halogenated alkanes) is 6. The molecular weight excluding hydrogens is 743 g/mol. The van der Waals surface area contributed by atoms with Crippen molar-refractivity contribution in [3.05, 3.63) is 109 Å². The summed E-state index contributed by atoms with van der Waals surface area (Å²) < 4.78 is 22.4. The van der Waals surface area contributed by atoms with Gasteiger partial charge in [-0.3, -0.25) is 9.59 Å². The van der Waals surface area contributed by atoms with Crippen molar-refractivity contribution in [1.29, 1.82) is 0 Å². The van der Waals surface area contributed by atoms with Crippen LogP contribution < -0.4 is 5.11 Å². The number of carboxylic acids is 1. The van der Waals surface area contributed by atoms with E-state index in [-0.39, 0.29) is 32.7 Å².